The van der Waals surface area contributed by atoms with Crippen LogP contribution in [0, 0.1) is 17.6 Å². The van der Waals surface area contributed by atoms with Crippen molar-refractivity contribution in [2.75, 3.05) is 34.4 Å². The van der Waals surface area contributed by atoms with Gasteiger partial charge in [0.05, 0.1) is 20.5 Å². The van der Waals surface area contributed by atoms with Crippen molar-refractivity contribution in [1.82, 2.24) is 9.80 Å². The number of likely N-dealkylation sites (tertiary alicyclic amines) is 1. The first-order valence-electron chi connectivity index (χ1n) is 12.1. The van der Waals surface area contributed by atoms with Crippen LogP contribution in [0.5, 0.6) is 11.5 Å². The Hall–Kier alpha value is -3.39. The molecule has 1 amide bonds. The van der Waals surface area contributed by atoms with Crippen molar-refractivity contribution in [1.29, 1.82) is 0 Å². The number of nitrogens with zero attached hydrogens (tertiary/aromatic N) is 2. The third-order valence-electron chi connectivity index (χ3n) is 7.05. The van der Waals surface area contributed by atoms with E-state index in [1.807, 2.05) is 18.2 Å². The molecule has 0 radical (unpaired) electrons. The fourth-order valence-corrected chi connectivity index (χ4v) is 5.00. The van der Waals surface area contributed by atoms with Crippen LogP contribution < -0.4 is 9.47 Å². The summed E-state index contributed by atoms with van der Waals surface area (Å²) in [6, 6.07) is 12.4. The molecule has 2 heterocycles. The van der Waals surface area contributed by atoms with Gasteiger partial charge in [-0.1, -0.05) is 6.07 Å². The van der Waals surface area contributed by atoms with E-state index in [1.165, 1.54) is 18.4 Å². The molecule has 8 heteroatoms. The molecule has 0 aliphatic carbocycles. The molecule has 0 bridgehead atoms. The summed E-state index contributed by atoms with van der Waals surface area (Å²) in [6.07, 6.45) is 3.41. The topological polar surface area (TPSA) is 55.2 Å². The standard InChI is InChI=1S/C28H32F2N2O4/c1-31(28(33)27-5-4-14-36-27)25(16-20-6-7-22(29)17-24(20)30)19-10-12-32(13-11-19)18-21-15-23(34-2)8-9-26(21)35-3/h4-9,14-15,17,19,25H,10-13,16,18H2,1-3H3. The third kappa shape index (κ3) is 5.87. The van der Waals surface area contributed by atoms with E-state index in [0.717, 1.165) is 49.1 Å². The fraction of sp³-hybridized carbons (Fsp3) is 0.393. The van der Waals surface area contributed by atoms with Gasteiger partial charge in [-0.25, -0.2) is 8.78 Å². The molecule has 1 aliphatic heterocycles. The van der Waals surface area contributed by atoms with Crippen LogP contribution in [0.15, 0.2) is 59.2 Å². The lowest BCUT2D eigenvalue weighted by atomic mass is 9.84. The lowest BCUT2D eigenvalue weighted by Crippen LogP contribution is -2.47. The second-order valence-corrected chi connectivity index (χ2v) is 9.19. The minimum absolute atomic E-state index is 0.141. The van der Waals surface area contributed by atoms with Crippen LogP contribution in [-0.2, 0) is 13.0 Å². The summed E-state index contributed by atoms with van der Waals surface area (Å²) in [6.45, 7) is 2.35. The van der Waals surface area contributed by atoms with Crippen LogP contribution >= 0.6 is 0 Å². The van der Waals surface area contributed by atoms with E-state index in [9.17, 15) is 13.6 Å². The van der Waals surface area contributed by atoms with Gasteiger partial charge in [0.2, 0.25) is 0 Å². The summed E-state index contributed by atoms with van der Waals surface area (Å²) in [5, 5.41) is 0. The van der Waals surface area contributed by atoms with Crippen LogP contribution in [0.3, 0.4) is 0 Å². The lowest BCUT2D eigenvalue weighted by Gasteiger charge is -2.40. The van der Waals surface area contributed by atoms with Gasteiger partial charge in [0, 0.05) is 31.3 Å². The van der Waals surface area contributed by atoms with Gasteiger partial charge in [-0.15, -0.1) is 0 Å². The molecular formula is C28H32F2N2O4. The van der Waals surface area contributed by atoms with Crippen molar-refractivity contribution in [2.45, 2.75) is 31.8 Å². The largest absolute Gasteiger partial charge is 0.497 e. The van der Waals surface area contributed by atoms with Gasteiger partial charge < -0.3 is 18.8 Å². The zero-order valence-electron chi connectivity index (χ0n) is 20.9. The molecule has 0 saturated carbocycles. The minimum Gasteiger partial charge on any atom is -0.497 e. The highest BCUT2D eigenvalue weighted by Gasteiger charge is 2.33. The Balaban J connectivity index is 1.49. The number of rotatable bonds is 9. The predicted molar refractivity (Wildman–Crippen MR) is 132 cm³/mol. The zero-order chi connectivity index (χ0) is 25.7. The normalized spacial score (nSPS) is 15.5. The Labute approximate surface area is 210 Å². The first-order chi connectivity index (χ1) is 17.4. The Morgan fingerprint density at radius 2 is 1.86 bits per heavy atom. The second kappa shape index (κ2) is 11.6. The number of methoxy groups -OCH3 is 2. The van der Waals surface area contributed by atoms with E-state index in [1.54, 1.807) is 38.3 Å². The van der Waals surface area contributed by atoms with Gasteiger partial charge in [0.25, 0.3) is 5.91 Å². The molecule has 0 spiro atoms. The molecule has 6 nitrogen and oxygen atoms in total. The summed E-state index contributed by atoms with van der Waals surface area (Å²) >= 11 is 0. The molecule has 2 aromatic carbocycles. The maximum atomic E-state index is 14.6. The number of hydrogen-bond donors (Lipinski definition) is 0. The molecule has 1 aromatic heterocycles. The number of carbonyl (C=O) groups is 1. The van der Waals surface area contributed by atoms with E-state index in [2.05, 4.69) is 4.90 Å². The lowest BCUT2D eigenvalue weighted by molar-refractivity contribution is 0.0554. The number of likely N-dealkylation sites (N-methyl/N-ethyl adjacent to an activating group) is 1. The van der Waals surface area contributed by atoms with E-state index >= 15 is 0 Å². The zero-order valence-corrected chi connectivity index (χ0v) is 20.9. The molecule has 192 valence electrons. The molecule has 4 rings (SSSR count). The Bertz CT molecular complexity index is 1160. The predicted octanol–water partition coefficient (Wildman–Crippen LogP) is 5.17. The molecule has 1 fully saturated rings. The first kappa shape index (κ1) is 25.7. The molecule has 1 atom stereocenters. The molecular weight excluding hydrogens is 466 g/mol. The van der Waals surface area contributed by atoms with E-state index < -0.39 is 11.6 Å². The molecule has 1 aliphatic rings. The summed E-state index contributed by atoms with van der Waals surface area (Å²) < 4.78 is 44.3. The van der Waals surface area contributed by atoms with Crippen molar-refractivity contribution in [3.63, 3.8) is 0 Å². The van der Waals surface area contributed by atoms with Crippen molar-refractivity contribution in [2.24, 2.45) is 5.92 Å². The number of piperidine rings is 1. The van der Waals surface area contributed by atoms with Gasteiger partial charge in [-0.2, -0.15) is 0 Å². The quantitative estimate of drug-likeness (QED) is 0.407. The SMILES string of the molecule is COc1ccc(OC)c(CN2CCC(C(Cc3ccc(F)cc3F)N(C)C(=O)c3ccco3)CC2)c1. The van der Waals surface area contributed by atoms with Gasteiger partial charge in [0.1, 0.15) is 23.1 Å². The van der Waals surface area contributed by atoms with Crippen molar-refractivity contribution >= 4 is 5.91 Å². The number of amides is 1. The highest BCUT2D eigenvalue weighted by molar-refractivity contribution is 5.91. The van der Waals surface area contributed by atoms with Crippen LogP contribution in [0.4, 0.5) is 8.78 Å². The summed E-state index contributed by atoms with van der Waals surface area (Å²) in [4.78, 5) is 17.1. The molecule has 1 saturated heterocycles. The number of hydrogen-bond acceptors (Lipinski definition) is 5. The summed E-state index contributed by atoms with van der Waals surface area (Å²) in [5.41, 5.74) is 1.44. The second-order valence-electron chi connectivity index (χ2n) is 9.19. The maximum absolute atomic E-state index is 14.6. The first-order valence-corrected chi connectivity index (χ1v) is 12.1. The van der Waals surface area contributed by atoms with E-state index in [0.29, 0.717) is 18.5 Å². The third-order valence-corrected chi connectivity index (χ3v) is 7.05. The van der Waals surface area contributed by atoms with Crippen molar-refractivity contribution in [3.05, 3.63) is 83.3 Å². The summed E-state index contributed by atoms with van der Waals surface area (Å²) in [5.74, 6) is 0.504. The van der Waals surface area contributed by atoms with Gasteiger partial charge in [-0.3, -0.25) is 9.69 Å². The van der Waals surface area contributed by atoms with E-state index in [4.69, 9.17) is 13.9 Å². The smallest absolute Gasteiger partial charge is 0.289 e. The molecule has 0 N–H and O–H groups in total. The van der Waals surface area contributed by atoms with Gasteiger partial charge in [-0.05, 0) is 80.2 Å². The van der Waals surface area contributed by atoms with Crippen LogP contribution in [0.25, 0.3) is 0 Å². The Kier molecular flexibility index (Phi) is 8.25. The van der Waals surface area contributed by atoms with E-state index in [-0.39, 0.29) is 23.6 Å². The maximum Gasteiger partial charge on any atom is 0.289 e. The van der Waals surface area contributed by atoms with Crippen molar-refractivity contribution in [3.8, 4) is 11.5 Å². The average molecular weight is 499 g/mol. The molecule has 3 aromatic rings. The van der Waals surface area contributed by atoms with Crippen LogP contribution in [-0.4, -0.2) is 56.1 Å². The number of furan rings is 1. The van der Waals surface area contributed by atoms with Crippen LogP contribution in [0.2, 0.25) is 0 Å². The molecule has 1 unspecified atom stereocenters. The average Bonchev–Trinajstić information content (AvgIpc) is 3.43. The molecule has 36 heavy (non-hydrogen) atoms. The monoisotopic (exact) mass is 498 g/mol. The number of halogens is 2. The highest BCUT2D eigenvalue weighted by atomic mass is 19.1. The van der Waals surface area contributed by atoms with Crippen LogP contribution in [0.1, 0.15) is 34.5 Å². The summed E-state index contributed by atoms with van der Waals surface area (Å²) in [7, 11) is 5.02. The highest BCUT2D eigenvalue weighted by Crippen LogP contribution is 2.31. The number of benzene rings is 2. The van der Waals surface area contributed by atoms with Gasteiger partial charge >= 0.3 is 0 Å². The number of carbonyl (C=O) groups excluding carboxylic acids is 1. The minimum atomic E-state index is -0.617. The van der Waals surface area contributed by atoms with Gasteiger partial charge in [0.15, 0.2) is 5.76 Å². The Morgan fingerprint density at radius 1 is 1.08 bits per heavy atom. The number of ether oxygens (including phenoxy) is 2. The fourth-order valence-electron chi connectivity index (χ4n) is 5.00. The Morgan fingerprint density at radius 3 is 2.50 bits per heavy atom. The van der Waals surface area contributed by atoms with Crippen molar-refractivity contribution < 1.29 is 27.5 Å².